The largest absolute Gasteiger partial charge is 0.481 e. The van der Waals surface area contributed by atoms with E-state index in [0.717, 1.165) is 6.33 Å². The van der Waals surface area contributed by atoms with Gasteiger partial charge in [-0.3, -0.25) is 9.09 Å². The molecule has 0 aliphatic carbocycles. The van der Waals surface area contributed by atoms with Crippen molar-refractivity contribution in [3.63, 3.8) is 0 Å². The lowest BCUT2D eigenvalue weighted by Crippen LogP contribution is -2.35. The molecular weight excluding hydrogens is 412 g/mol. The first-order valence-corrected chi connectivity index (χ1v) is 10.2. The number of fused-ring (bicyclic) bond motifs is 1. The van der Waals surface area contributed by atoms with E-state index in [4.69, 9.17) is 24.8 Å². The summed E-state index contributed by atoms with van der Waals surface area (Å²) in [6, 6.07) is 0. The standard InChI is InChI=1S/C10H15N5O10P2/c11-8-5-9(13-2-12-8)15(3-14-5)10-7(6(17)4(1-16)23-10)24-27(21,22)25-26(18,19)20/h2-4,6-7,10,16-17H,1H2,(H,21,22)(H2,11,12,13)(H2,18,19,20)/t4-,6-,7-,10-/m1/s1. The molecule has 0 bridgehead atoms. The molecule has 0 spiro atoms. The normalized spacial score (nSPS) is 28.5. The summed E-state index contributed by atoms with van der Waals surface area (Å²) >= 11 is 0. The maximum atomic E-state index is 11.9. The summed E-state index contributed by atoms with van der Waals surface area (Å²) < 4.78 is 37.8. The topological polar surface area (TPSA) is 233 Å². The van der Waals surface area contributed by atoms with E-state index in [1.54, 1.807) is 0 Å². The molecule has 7 N–H and O–H groups in total. The summed E-state index contributed by atoms with van der Waals surface area (Å²) in [6.07, 6.45) is -3.65. The molecular formula is C10H15N5O10P2. The SMILES string of the molecule is Nc1ncnc2c1ncn2[C@@H]1O[C@H](CO)[C@@H](O)[C@H]1OP(=O)(O)OP(=O)(O)O. The molecule has 27 heavy (non-hydrogen) atoms. The molecule has 2 aromatic heterocycles. The molecule has 1 saturated heterocycles. The Labute approximate surface area is 150 Å². The number of phosphoric acid groups is 2. The van der Waals surface area contributed by atoms with E-state index < -0.39 is 46.8 Å². The number of anilines is 1. The van der Waals surface area contributed by atoms with Crippen molar-refractivity contribution < 1.29 is 47.6 Å². The van der Waals surface area contributed by atoms with Gasteiger partial charge in [0.2, 0.25) is 0 Å². The molecule has 1 aliphatic rings. The van der Waals surface area contributed by atoms with Crippen LogP contribution in [0.25, 0.3) is 11.2 Å². The number of nitrogens with zero attached hydrogens (tertiary/aromatic N) is 4. The van der Waals surface area contributed by atoms with Gasteiger partial charge in [0.15, 0.2) is 17.7 Å². The first kappa shape index (κ1) is 20.2. The van der Waals surface area contributed by atoms with Gasteiger partial charge in [-0.2, -0.15) is 4.31 Å². The van der Waals surface area contributed by atoms with Crippen molar-refractivity contribution in [2.45, 2.75) is 24.5 Å². The van der Waals surface area contributed by atoms with Crippen LogP contribution in [-0.4, -0.2) is 69.3 Å². The number of imidazole rings is 1. The third-order valence-corrected chi connectivity index (χ3v) is 5.80. The zero-order chi connectivity index (χ0) is 20.0. The summed E-state index contributed by atoms with van der Waals surface area (Å²) in [5.41, 5.74) is 5.96. The Morgan fingerprint density at radius 2 is 1.96 bits per heavy atom. The number of hydrogen-bond donors (Lipinski definition) is 6. The zero-order valence-electron chi connectivity index (χ0n) is 13.2. The molecule has 1 unspecified atom stereocenters. The molecule has 0 radical (unpaired) electrons. The average molecular weight is 427 g/mol. The Balaban J connectivity index is 1.98. The minimum absolute atomic E-state index is 0.0335. The van der Waals surface area contributed by atoms with E-state index in [9.17, 15) is 24.2 Å². The summed E-state index contributed by atoms with van der Waals surface area (Å²) in [5.74, 6) is 0.0335. The molecule has 3 heterocycles. The highest BCUT2D eigenvalue weighted by Gasteiger charge is 2.50. The summed E-state index contributed by atoms with van der Waals surface area (Å²) in [6.45, 7) is -0.684. The maximum Gasteiger partial charge on any atom is 0.481 e. The first-order valence-electron chi connectivity index (χ1n) is 7.18. The van der Waals surface area contributed by atoms with Gasteiger partial charge >= 0.3 is 15.6 Å². The summed E-state index contributed by atoms with van der Waals surface area (Å²) in [5, 5.41) is 19.5. The number of ether oxygens (including phenoxy) is 1. The summed E-state index contributed by atoms with van der Waals surface area (Å²) in [7, 11) is -10.7. The second-order valence-corrected chi connectivity index (χ2v) is 8.21. The van der Waals surface area contributed by atoms with Crippen LogP contribution in [0.3, 0.4) is 0 Å². The van der Waals surface area contributed by atoms with Crippen LogP contribution < -0.4 is 5.73 Å². The second-order valence-electron chi connectivity index (χ2n) is 5.43. The lowest BCUT2D eigenvalue weighted by molar-refractivity contribution is -0.0505. The van der Waals surface area contributed by atoms with Crippen LogP contribution >= 0.6 is 15.6 Å². The van der Waals surface area contributed by atoms with Crippen molar-refractivity contribution in [2.24, 2.45) is 0 Å². The number of hydrogen-bond acceptors (Lipinski definition) is 11. The van der Waals surface area contributed by atoms with Crippen molar-refractivity contribution in [1.82, 2.24) is 19.5 Å². The van der Waals surface area contributed by atoms with Crippen molar-refractivity contribution >= 4 is 32.6 Å². The van der Waals surface area contributed by atoms with Gasteiger partial charge in [0.05, 0.1) is 12.9 Å². The molecule has 1 fully saturated rings. The number of nitrogens with two attached hydrogens (primary N) is 1. The third kappa shape index (κ3) is 4.17. The smallest absolute Gasteiger partial charge is 0.394 e. The molecule has 15 nitrogen and oxygen atoms in total. The number of aliphatic hydroxyl groups excluding tert-OH is 2. The molecule has 3 rings (SSSR count). The Bertz CT molecular complexity index is 932. The van der Waals surface area contributed by atoms with Gasteiger partial charge in [0.25, 0.3) is 0 Å². The Hall–Kier alpha value is -1.51. The summed E-state index contributed by atoms with van der Waals surface area (Å²) in [4.78, 5) is 38.7. The number of aromatic nitrogens is 4. The van der Waals surface area contributed by atoms with Crippen LogP contribution in [0.5, 0.6) is 0 Å². The Kier molecular flexibility index (Phi) is 5.35. The van der Waals surface area contributed by atoms with Gasteiger partial charge in [-0.1, -0.05) is 0 Å². The first-order chi connectivity index (χ1) is 12.5. The highest BCUT2D eigenvalue weighted by atomic mass is 31.3. The lowest BCUT2D eigenvalue weighted by atomic mass is 10.1. The molecule has 1 aliphatic heterocycles. The molecule has 2 aromatic rings. The van der Waals surface area contributed by atoms with Crippen molar-refractivity contribution in [1.29, 1.82) is 0 Å². The van der Waals surface area contributed by atoms with Crippen LogP contribution in [0.4, 0.5) is 5.82 Å². The van der Waals surface area contributed by atoms with Gasteiger partial charge in [0.1, 0.15) is 30.2 Å². The molecule has 5 atom stereocenters. The van der Waals surface area contributed by atoms with Crippen LogP contribution in [0, 0.1) is 0 Å². The second kappa shape index (κ2) is 7.14. The number of rotatable bonds is 6. The van der Waals surface area contributed by atoms with Crippen LogP contribution in [-0.2, 0) is 22.7 Å². The van der Waals surface area contributed by atoms with E-state index >= 15 is 0 Å². The van der Waals surface area contributed by atoms with Gasteiger partial charge in [-0.15, -0.1) is 0 Å². The van der Waals surface area contributed by atoms with Gasteiger partial charge in [0, 0.05) is 0 Å². The van der Waals surface area contributed by atoms with Crippen LogP contribution in [0.2, 0.25) is 0 Å². The monoisotopic (exact) mass is 427 g/mol. The Morgan fingerprint density at radius 1 is 1.26 bits per heavy atom. The van der Waals surface area contributed by atoms with E-state index in [0.29, 0.717) is 0 Å². The zero-order valence-corrected chi connectivity index (χ0v) is 15.0. The van der Waals surface area contributed by atoms with Crippen LogP contribution in [0.1, 0.15) is 6.23 Å². The fourth-order valence-corrected chi connectivity index (χ4v) is 4.34. The third-order valence-electron chi connectivity index (χ3n) is 3.62. The highest BCUT2D eigenvalue weighted by molar-refractivity contribution is 7.60. The fourth-order valence-electron chi connectivity index (χ4n) is 2.57. The molecule has 17 heteroatoms. The highest BCUT2D eigenvalue weighted by Crippen LogP contribution is 2.59. The van der Waals surface area contributed by atoms with Crippen molar-refractivity contribution in [2.75, 3.05) is 12.3 Å². The van der Waals surface area contributed by atoms with E-state index in [1.807, 2.05) is 0 Å². The van der Waals surface area contributed by atoms with Crippen molar-refractivity contribution in [3.8, 4) is 0 Å². The molecule has 0 aromatic carbocycles. The molecule has 0 saturated carbocycles. The number of phosphoric ester groups is 1. The lowest BCUT2D eigenvalue weighted by Gasteiger charge is -2.23. The van der Waals surface area contributed by atoms with Gasteiger partial charge in [-0.25, -0.2) is 24.1 Å². The minimum Gasteiger partial charge on any atom is -0.394 e. The van der Waals surface area contributed by atoms with E-state index in [-0.39, 0.29) is 17.0 Å². The fraction of sp³-hybridized carbons (Fsp3) is 0.500. The number of nitrogen functional groups attached to an aromatic ring is 1. The molecule has 0 amide bonds. The quantitative estimate of drug-likeness (QED) is 0.281. The van der Waals surface area contributed by atoms with Crippen molar-refractivity contribution in [3.05, 3.63) is 12.7 Å². The number of aliphatic hydroxyl groups is 2. The average Bonchev–Trinajstić information content (AvgIpc) is 3.08. The maximum absolute atomic E-state index is 11.9. The van der Waals surface area contributed by atoms with Gasteiger partial charge < -0.3 is 35.4 Å². The molecule has 150 valence electrons. The predicted octanol–water partition coefficient (Wildman–Crippen LogP) is -1.75. The van der Waals surface area contributed by atoms with E-state index in [2.05, 4.69) is 19.3 Å². The predicted molar refractivity (Wildman–Crippen MR) is 84.6 cm³/mol. The van der Waals surface area contributed by atoms with Crippen LogP contribution in [0.15, 0.2) is 12.7 Å². The van der Waals surface area contributed by atoms with E-state index in [1.165, 1.54) is 10.9 Å². The minimum atomic E-state index is -5.38. The Morgan fingerprint density at radius 3 is 2.59 bits per heavy atom. The van der Waals surface area contributed by atoms with Gasteiger partial charge in [-0.05, 0) is 0 Å².